The Kier molecular flexibility index (Phi) is 5.51. The highest BCUT2D eigenvalue weighted by molar-refractivity contribution is 5.95. The first kappa shape index (κ1) is 17.9. The van der Waals surface area contributed by atoms with E-state index < -0.39 is 0 Å². The van der Waals surface area contributed by atoms with E-state index in [1.54, 1.807) is 46.2 Å². The highest BCUT2D eigenvalue weighted by Gasteiger charge is 2.23. The Bertz CT molecular complexity index is 809. The molecular formula is C20H22FN3O2. The van der Waals surface area contributed by atoms with Crippen LogP contribution in [0.15, 0.2) is 48.5 Å². The van der Waals surface area contributed by atoms with Crippen molar-refractivity contribution in [1.82, 2.24) is 9.80 Å². The molecule has 0 spiro atoms. The fourth-order valence-electron chi connectivity index (χ4n) is 3.16. The zero-order chi connectivity index (χ0) is 18.5. The monoisotopic (exact) mass is 355 g/mol. The molecule has 136 valence electrons. The van der Waals surface area contributed by atoms with Crippen molar-refractivity contribution >= 4 is 17.5 Å². The lowest BCUT2D eigenvalue weighted by Crippen LogP contribution is -2.38. The molecule has 0 saturated carbocycles. The Morgan fingerprint density at radius 1 is 0.962 bits per heavy atom. The van der Waals surface area contributed by atoms with Crippen molar-refractivity contribution in [3.63, 3.8) is 0 Å². The third-order valence-electron chi connectivity index (χ3n) is 4.51. The summed E-state index contributed by atoms with van der Waals surface area (Å²) < 4.78 is 13.3. The third kappa shape index (κ3) is 4.39. The molecule has 0 unspecified atom stereocenters. The van der Waals surface area contributed by atoms with E-state index in [0.29, 0.717) is 49.4 Å². The standard InChI is InChI=1S/C20H22FN3O2/c21-17-6-1-4-15(12-17)13-19(25)23-8-3-9-24(11-10-23)20(26)16-5-2-7-18(22)14-16/h1-2,4-7,12,14H,3,8-11,13,22H2. The molecule has 26 heavy (non-hydrogen) atoms. The Balaban J connectivity index is 1.61. The summed E-state index contributed by atoms with van der Waals surface area (Å²) in [6, 6.07) is 13.0. The molecule has 6 heteroatoms. The normalized spacial score (nSPS) is 14.8. The second kappa shape index (κ2) is 7.99. The van der Waals surface area contributed by atoms with Crippen LogP contribution in [0.5, 0.6) is 0 Å². The van der Waals surface area contributed by atoms with Gasteiger partial charge < -0.3 is 15.5 Å². The maximum atomic E-state index is 13.3. The summed E-state index contributed by atoms with van der Waals surface area (Å²) in [6.07, 6.45) is 0.879. The smallest absolute Gasteiger partial charge is 0.253 e. The van der Waals surface area contributed by atoms with Crippen molar-refractivity contribution in [2.45, 2.75) is 12.8 Å². The van der Waals surface area contributed by atoms with Crippen molar-refractivity contribution < 1.29 is 14.0 Å². The number of carbonyl (C=O) groups excluding carboxylic acids is 2. The summed E-state index contributed by atoms with van der Waals surface area (Å²) in [5.41, 5.74) is 7.52. The first-order chi connectivity index (χ1) is 12.5. The summed E-state index contributed by atoms with van der Waals surface area (Å²) in [5.74, 6) is -0.462. The SMILES string of the molecule is Nc1cccc(C(=O)N2CCCN(C(=O)Cc3cccc(F)c3)CC2)c1. The number of amides is 2. The minimum atomic E-state index is -0.343. The van der Waals surface area contributed by atoms with E-state index in [2.05, 4.69) is 0 Å². The number of nitrogens with zero attached hydrogens (tertiary/aromatic N) is 2. The van der Waals surface area contributed by atoms with Crippen LogP contribution in [0.25, 0.3) is 0 Å². The average molecular weight is 355 g/mol. The lowest BCUT2D eigenvalue weighted by Gasteiger charge is -2.22. The van der Waals surface area contributed by atoms with Crippen LogP contribution in [0.2, 0.25) is 0 Å². The third-order valence-corrected chi connectivity index (χ3v) is 4.51. The Morgan fingerprint density at radius 2 is 1.69 bits per heavy atom. The van der Waals surface area contributed by atoms with E-state index in [-0.39, 0.29) is 24.1 Å². The maximum Gasteiger partial charge on any atom is 0.253 e. The van der Waals surface area contributed by atoms with Gasteiger partial charge in [-0.2, -0.15) is 0 Å². The number of hydrogen-bond donors (Lipinski definition) is 1. The van der Waals surface area contributed by atoms with Crippen LogP contribution < -0.4 is 5.73 Å². The minimum Gasteiger partial charge on any atom is -0.399 e. The van der Waals surface area contributed by atoms with Gasteiger partial charge in [-0.1, -0.05) is 18.2 Å². The molecule has 2 aromatic rings. The van der Waals surface area contributed by atoms with Gasteiger partial charge in [-0.15, -0.1) is 0 Å². The molecule has 0 radical (unpaired) electrons. The number of rotatable bonds is 3. The second-order valence-corrected chi connectivity index (χ2v) is 6.46. The Labute approximate surface area is 152 Å². The molecule has 1 heterocycles. The second-order valence-electron chi connectivity index (χ2n) is 6.46. The van der Waals surface area contributed by atoms with E-state index in [1.807, 2.05) is 0 Å². The number of halogens is 1. The van der Waals surface area contributed by atoms with Gasteiger partial charge in [0.05, 0.1) is 6.42 Å². The Hall–Kier alpha value is -2.89. The van der Waals surface area contributed by atoms with Crippen molar-refractivity contribution in [1.29, 1.82) is 0 Å². The van der Waals surface area contributed by atoms with E-state index in [0.717, 1.165) is 0 Å². The highest BCUT2D eigenvalue weighted by atomic mass is 19.1. The molecule has 3 rings (SSSR count). The van der Waals surface area contributed by atoms with Crippen LogP contribution >= 0.6 is 0 Å². The van der Waals surface area contributed by atoms with E-state index in [1.165, 1.54) is 12.1 Å². The molecule has 0 aromatic heterocycles. The van der Waals surface area contributed by atoms with Crippen molar-refractivity contribution in [3.05, 3.63) is 65.5 Å². The molecule has 5 nitrogen and oxygen atoms in total. The number of benzene rings is 2. The molecule has 1 fully saturated rings. The van der Waals surface area contributed by atoms with Crippen molar-refractivity contribution in [2.75, 3.05) is 31.9 Å². The molecule has 0 aliphatic carbocycles. The Morgan fingerprint density at radius 3 is 2.46 bits per heavy atom. The van der Waals surface area contributed by atoms with Crippen LogP contribution in [-0.4, -0.2) is 47.8 Å². The summed E-state index contributed by atoms with van der Waals surface area (Å²) in [5, 5.41) is 0. The lowest BCUT2D eigenvalue weighted by atomic mass is 10.1. The van der Waals surface area contributed by atoms with Crippen molar-refractivity contribution in [2.24, 2.45) is 0 Å². The number of hydrogen-bond acceptors (Lipinski definition) is 3. The van der Waals surface area contributed by atoms with Crippen LogP contribution in [0.1, 0.15) is 22.3 Å². The van der Waals surface area contributed by atoms with Gasteiger partial charge in [0.1, 0.15) is 5.82 Å². The average Bonchev–Trinajstić information content (AvgIpc) is 2.87. The van der Waals surface area contributed by atoms with Crippen LogP contribution in [0, 0.1) is 5.82 Å². The molecular weight excluding hydrogens is 333 g/mol. The first-order valence-corrected chi connectivity index (χ1v) is 8.70. The van der Waals surface area contributed by atoms with Crippen molar-refractivity contribution in [3.8, 4) is 0 Å². The molecule has 0 bridgehead atoms. The van der Waals surface area contributed by atoms with Gasteiger partial charge in [-0.05, 0) is 42.3 Å². The van der Waals surface area contributed by atoms with Crippen LogP contribution in [-0.2, 0) is 11.2 Å². The van der Waals surface area contributed by atoms with Gasteiger partial charge in [-0.25, -0.2) is 4.39 Å². The van der Waals surface area contributed by atoms with Gasteiger partial charge in [0, 0.05) is 37.4 Å². The largest absolute Gasteiger partial charge is 0.399 e. The maximum absolute atomic E-state index is 13.3. The summed E-state index contributed by atoms with van der Waals surface area (Å²) >= 11 is 0. The topological polar surface area (TPSA) is 66.6 Å². The zero-order valence-corrected chi connectivity index (χ0v) is 14.5. The van der Waals surface area contributed by atoms with Crippen LogP contribution in [0.3, 0.4) is 0 Å². The van der Waals surface area contributed by atoms with E-state index in [9.17, 15) is 14.0 Å². The fourth-order valence-corrected chi connectivity index (χ4v) is 3.16. The molecule has 1 saturated heterocycles. The number of anilines is 1. The molecule has 2 aromatic carbocycles. The molecule has 1 aliphatic heterocycles. The number of carbonyl (C=O) groups is 2. The molecule has 2 N–H and O–H groups in total. The van der Waals surface area contributed by atoms with Gasteiger partial charge >= 0.3 is 0 Å². The summed E-state index contributed by atoms with van der Waals surface area (Å²) in [6.45, 7) is 2.14. The molecule has 1 aliphatic rings. The summed E-state index contributed by atoms with van der Waals surface area (Å²) in [7, 11) is 0. The number of nitrogens with two attached hydrogens (primary N) is 1. The van der Waals surface area contributed by atoms with Gasteiger partial charge in [0.25, 0.3) is 5.91 Å². The predicted octanol–water partition coefficient (Wildman–Crippen LogP) is 2.33. The van der Waals surface area contributed by atoms with Gasteiger partial charge in [0.15, 0.2) is 0 Å². The van der Waals surface area contributed by atoms with Gasteiger partial charge in [-0.3, -0.25) is 9.59 Å². The molecule has 2 amide bonds. The van der Waals surface area contributed by atoms with E-state index in [4.69, 9.17) is 5.73 Å². The van der Waals surface area contributed by atoms with Gasteiger partial charge in [0.2, 0.25) is 5.91 Å². The fraction of sp³-hybridized carbons (Fsp3) is 0.300. The minimum absolute atomic E-state index is 0.0474. The predicted molar refractivity (Wildman–Crippen MR) is 98.1 cm³/mol. The quantitative estimate of drug-likeness (QED) is 0.860. The first-order valence-electron chi connectivity index (χ1n) is 8.70. The zero-order valence-electron chi connectivity index (χ0n) is 14.5. The summed E-state index contributed by atoms with van der Waals surface area (Å²) in [4.78, 5) is 28.6. The number of nitrogen functional groups attached to an aromatic ring is 1. The van der Waals surface area contributed by atoms with E-state index >= 15 is 0 Å². The lowest BCUT2D eigenvalue weighted by molar-refractivity contribution is -0.130. The molecule has 0 atom stereocenters. The highest BCUT2D eigenvalue weighted by Crippen LogP contribution is 2.13. The van der Waals surface area contributed by atoms with Crippen LogP contribution in [0.4, 0.5) is 10.1 Å².